The number of aromatic nitrogens is 2. The van der Waals surface area contributed by atoms with Crippen molar-refractivity contribution in [3.05, 3.63) is 60.2 Å². The average Bonchev–Trinajstić information content (AvgIpc) is 2.82. The van der Waals surface area contributed by atoms with Gasteiger partial charge in [-0.1, -0.05) is 101 Å². The van der Waals surface area contributed by atoms with Crippen LogP contribution in [0.1, 0.15) is 102 Å². The lowest BCUT2D eigenvalue weighted by Crippen LogP contribution is -1.94. The molecule has 2 heteroatoms. The lowest BCUT2D eigenvalue weighted by molar-refractivity contribution is 0.596. The molecular weight excluding hydrogens is 388 g/mol. The maximum Gasteiger partial charge on any atom is 0.0926 e. The zero-order chi connectivity index (χ0) is 22.3. The highest BCUT2D eigenvalue weighted by Crippen LogP contribution is 2.21. The number of para-hydroxylation sites is 3. The number of allylic oxidation sites excluding steroid dienone is 2. The van der Waals surface area contributed by atoms with E-state index in [0.29, 0.717) is 0 Å². The minimum atomic E-state index is 0.981. The van der Waals surface area contributed by atoms with E-state index in [2.05, 4.69) is 43.3 Å². The Morgan fingerprint density at radius 2 is 1.12 bits per heavy atom. The van der Waals surface area contributed by atoms with Crippen LogP contribution >= 0.6 is 0 Å². The number of unbranched alkanes of at least 4 members (excludes halogenated alkanes) is 12. The average molecular weight is 431 g/mol. The molecule has 0 amide bonds. The van der Waals surface area contributed by atoms with Crippen LogP contribution in [0.25, 0.3) is 22.1 Å². The van der Waals surface area contributed by atoms with Crippen molar-refractivity contribution in [2.24, 2.45) is 0 Å². The Balaban J connectivity index is 1.25. The van der Waals surface area contributed by atoms with Gasteiger partial charge in [-0.15, -0.1) is 0 Å². The topological polar surface area (TPSA) is 25.8 Å². The zero-order valence-corrected chi connectivity index (χ0v) is 20.2. The van der Waals surface area contributed by atoms with Gasteiger partial charge in [0.05, 0.1) is 22.1 Å². The van der Waals surface area contributed by atoms with Crippen molar-refractivity contribution in [3.8, 4) is 0 Å². The van der Waals surface area contributed by atoms with Gasteiger partial charge in [0.25, 0.3) is 0 Å². The van der Waals surface area contributed by atoms with Gasteiger partial charge in [-0.2, -0.15) is 0 Å². The van der Waals surface area contributed by atoms with E-state index in [9.17, 15) is 0 Å². The van der Waals surface area contributed by atoms with Crippen LogP contribution in [0, 0.1) is 0 Å². The Hall–Kier alpha value is -2.22. The van der Waals surface area contributed by atoms with Crippen molar-refractivity contribution in [2.75, 3.05) is 0 Å². The van der Waals surface area contributed by atoms with Crippen molar-refractivity contribution in [3.63, 3.8) is 0 Å². The minimum Gasteiger partial charge on any atom is -0.244 e. The van der Waals surface area contributed by atoms with Crippen molar-refractivity contribution < 1.29 is 0 Å². The first kappa shape index (κ1) is 24.4. The van der Waals surface area contributed by atoms with Crippen LogP contribution in [-0.4, -0.2) is 9.97 Å². The van der Waals surface area contributed by atoms with E-state index in [1.54, 1.807) is 0 Å². The molecule has 0 radical (unpaired) electrons. The lowest BCUT2D eigenvalue weighted by Gasteiger charge is -2.07. The predicted molar refractivity (Wildman–Crippen MR) is 140 cm³/mol. The fraction of sp³-hybridized carbons (Fsp3) is 0.533. The van der Waals surface area contributed by atoms with E-state index in [-0.39, 0.29) is 0 Å². The van der Waals surface area contributed by atoms with E-state index in [0.717, 1.165) is 28.5 Å². The number of fused-ring (bicyclic) bond motifs is 2. The smallest absolute Gasteiger partial charge is 0.0926 e. The van der Waals surface area contributed by atoms with Crippen molar-refractivity contribution in [1.82, 2.24) is 9.97 Å². The second-order valence-corrected chi connectivity index (χ2v) is 9.19. The fourth-order valence-electron chi connectivity index (χ4n) is 4.47. The van der Waals surface area contributed by atoms with Crippen LogP contribution in [0.4, 0.5) is 0 Å². The molecule has 1 aromatic heterocycles. The van der Waals surface area contributed by atoms with E-state index < -0.39 is 0 Å². The second-order valence-electron chi connectivity index (χ2n) is 9.19. The molecule has 0 spiro atoms. The number of hydrogen-bond donors (Lipinski definition) is 0. The van der Waals surface area contributed by atoms with Gasteiger partial charge in [-0.25, -0.2) is 9.97 Å². The standard InChI is InChI=1S/C30H42N2/c1-2-3-4-5-6-7-8-9-10-11-12-13-14-15-16-17-21-26-22-20-25-29-30(26)32-28-24-19-18-23-27(28)31-29/h9-10,18-20,22-25H,2-8,11-17,21H2,1H3/b10-9-. The van der Waals surface area contributed by atoms with Crippen LogP contribution < -0.4 is 0 Å². The minimum absolute atomic E-state index is 0.981. The molecule has 32 heavy (non-hydrogen) atoms. The largest absolute Gasteiger partial charge is 0.244 e. The van der Waals surface area contributed by atoms with Crippen LogP contribution in [0.15, 0.2) is 54.6 Å². The molecule has 172 valence electrons. The molecule has 3 rings (SSSR count). The summed E-state index contributed by atoms with van der Waals surface area (Å²) < 4.78 is 0. The molecule has 0 saturated heterocycles. The van der Waals surface area contributed by atoms with Crippen LogP contribution in [-0.2, 0) is 6.42 Å². The first-order valence-electron chi connectivity index (χ1n) is 13.2. The highest BCUT2D eigenvalue weighted by Gasteiger charge is 2.06. The van der Waals surface area contributed by atoms with Crippen LogP contribution in [0.5, 0.6) is 0 Å². The molecule has 1 heterocycles. The summed E-state index contributed by atoms with van der Waals surface area (Å²) in [6, 6.07) is 14.6. The number of nitrogens with zero attached hydrogens (tertiary/aromatic N) is 2. The molecular formula is C30H42N2. The molecule has 0 aliphatic heterocycles. The number of aryl methyl sites for hydroxylation is 1. The van der Waals surface area contributed by atoms with Gasteiger partial charge in [0, 0.05) is 0 Å². The van der Waals surface area contributed by atoms with Crippen molar-refractivity contribution in [1.29, 1.82) is 0 Å². The van der Waals surface area contributed by atoms with E-state index in [1.165, 1.54) is 95.5 Å². The number of rotatable bonds is 16. The molecule has 0 N–H and O–H groups in total. The Kier molecular flexibility index (Phi) is 11.3. The first-order valence-corrected chi connectivity index (χ1v) is 13.2. The first-order chi connectivity index (χ1) is 15.9. The highest BCUT2D eigenvalue weighted by molar-refractivity contribution is 5.87. The molecule has 3 aromatic rings. The Bertz CT molecular complexity index is 944. The Morgan fingerprint density at radius 1 is 0.562 bits per heavy atom. The van der Waals surface area contributed by atoms with Crippen molar-refractivity contribution in [2.45, 2.75) is 103 Å². The molecule has 0 unspecified atom stereocenters. The maximum atomic E-state index is 4.90. The Morgan fingerprint density at radius 3 is 1.81 bits per heavy atom. The monoisotopic (exact) mass is 430 g/mol. The lowest BCUT2D eigenvalue weighted by atomic mass is 10.0. The van der Waals surface area contributed by atoms with Gasteiger partial charge >= 0.3 is 0 Å². The third-order valence-corrected chi connectivity index (χ3v) is 6.41. The van der Waals surface area contributed by atoms with Gasteiger partial charge in [0.1, 0.15) is 0 Å². The van der Waals surface area contributed by atoms with Crippen LogP contribution in [0.3, 0.4) is 0 Å². The third kappa shape index (κ3) is 8.37. The van der Waals surface area contributed by atoms with Crippen LogP contribution in [0.2, 0.25) is 0 Å². The molecule has 0 aliphatic rings. The molecule has 0 saturated carbocycles. The summed E-state index contributed by atoms with van der Waals surface area (Å²) in [5.74, 6) is 0. The molecule has 0 atom stereocenters. The number of benzene rings is 2. The SMILES string of the molecule is CCCCCCCC/C=C\CCCCCCCCc1cccc2nc3ccccc3nc12. The second kappa shape index (κ2) is 14.8. The summed E-state index contributed by atoms with van der Waals surface area (Å²) in [6.07, 6.45) is 24.8. The van der Waals surface area contributed by atoms with Gasteiger partial charge in [0.2, 0.25) is 0 Å². The maximum absolute atomic E-state index is 4.90. The summed E-state index contributed by atoms with van der Waals surface area (Å²) in [7, 11) is 0. The van der Waals surface area contributed by atoms with Gasteiger partial charge in [-0.05, 0) is 62.3 Å². The van der Waals surface area contributed by atoms with E-state index in [4.69, 9.17) is 9.97 Å². The number of hydrogen-bond acceptors (Lipinski definition) is 2. The third-order valence-electron chi connectivity index (χ3n) is 6.41. The molecule has 2 nitrogen and oxygen atoms in total. The van der Waals surface area contributed by atoms with Gasteiger partial charge in [0.15, 0.2) is 0 Å². The van der Waals surface area contributed by atoms with E-state index in [1.807, 2.05) is 18.2 Å². The normalized spacial score (nSPS) is 11.8. The Labute approximate surface area is 195 Å². The highest BCUT2D eigenvalue weighted by atomic mass is 14.8. The van der Waals surface area contributed by atoms with Gasteiger partial charge in [-0.3, -0.25) is 0 Å². The van der Waals surface area contributed by atoms with Crippen molar-refractivity contribution >= 4 is 22.1 Å². The fourth-order valence-corrected chi connectivity index (χ4v) is 4.47. The molecule has 2 aromatic carbocycles. The van der Waals surface area contributed by atoms with E-state index >= 15 is 0 Å². The summed E-state index contributed by atoms with van der Waals surface area (Å²) in [5.41, 5.74) is 5.42. The molecule has 0 fully saturated rings. The predicted octanol–water partition coefficient (Wildman–Crippen LogP) is 9.36. The molecule has 0 bridgehead atoms. The molecule has 0 aliphatic carbocycles. The summed E-state index contributed by atoms with van der Waals surface area (Å²) in [4.78, 5) is 9.70. The zero-order valence-electron chi connectivity index (χ0n) is 20.2. The van der Waals surface area contributed by atoms with Gasteiger partial charge < -0.3 is 0 Å². The quantitative estimate of drug-likeness (QED) is 0.128. The summed E-state index contributed by atoms with van der Waals surface area (Å²) >= 11 is 0. The summed E-state index contributed by atoms with van der Waals surface area (Å²) in [6.45, 7) is 2.28. The summed E-state index contributed by atoms with van der Waals surface area (Å²) in [5, 5.41) is 0.